The lowest BCUT2D eigenvalue weighted by atomic mass is 9.93. The van der Waals surface area contributed by atoms with E-state index in [0.29, 0.717) is 10.9 Å². The Morgan fingerprint density at radius 1 is 1.03 bits per heavy atom. The largest absolute Gasteiger partial charge is 0.455 e. The van der Waals surface area contributed by atoms with Crippen LogP contribution < -0.4 is 16.1 Å². The standard InChI is InChI=1S/C23H21IN4O2S/c1-14-20-18(27-28-23(31)26-16-6-3-2-4-7-16)8-5-9-19(20)30-21(14)22(29)25-17-12-10-15(24)11-13-17/h2-4,6-7,10-13H,5,8-9H2,1H3,(H,25,29)(H2,26,28,31)/b27-18+. The molecule has 0 fully saturated rings. The SMILES string of the molecule is Cc1c(C(=O)Nc2ccc(I)cc2)oc2c1/C(=N/NC(=S)Nc1ccccc1)CCC2. The lowest BCUT2D eigenvalue weighted by Gasteiger charge is -2.14. The average Bonchev–Trinajstić information content (AvgIpc) is 3.12. The Morgan fingerprint density at radius 2 is 1.74 bits per heavy atom. The van der Waals surface area contributed by atoms with Gasteiger partial charge in [-0.05, 0) is 91.0 Å². The Labute approximate surface area is 199 Å². The number of carbonyl (C=O) groups excluding carboxylic acids is 1. The molecule has 1 heterocycles. The maximum Gasteiger partial charge on any atom is 0.291 e. The number of thiocarbonyl (C=S) groups is 1. The van der Waals surface area contributed by atoms with E-state index in [1.807, 2.05) is 61.5 Å². The van der Waals surface area contributed by atoms with Crippen LogP contribution in [0.1, 0.15) is 40.3 Å². The Bertz CT molecular complexity index is 1140. The average molecular weight is 544 g/mol. The molecule has 1 aromatic heterocycles. The fraction of sp³-hybridized carbons (Fsp3) is 0.174. The molecule has 0 spiro atoms. The van der Waals surface area contributed by atoms with Crippen LogP contribution in [0.25, 0.3) is 0 Å². The second-order valence-electron chi connectivity index (χ2n) is 7.16. The number of hydrogen-bond acceptors (Lipinski definition) is 4. The molecule has 3 aromatic rings. The highest BCUT2D eigenvalue weighted by atomic mass is 127. The summed E-state index contributed by atoms with van der Waals surface area (Å²) >= 11 is 7.58. The van der Waals surface area contributed by atoms with E-state index in [1.54, 1.807) is 0 Å². The zero-order chi connectivity index (χ0) is 21.8. The highest BCUT2D eigenvalue weighted by Crippen LogP contribution is 2.30. The minimum absolute atomic E-state index is 0.262. The van der Waals surface area contributed by atoms with Crippen molar-refractivity contribution in [2.75, 3.05) is 10.6 Å². The van der Waals surface area contributed by atoms with Crippen LogP contribution in [0.2, 0.25) is 0 Å². The van der Waals surface area contributed by atoms with Gasteiger partial charge >= 0.3 is 0 Å². The summed E-state index contributed by atoms with van der Waals surface area (Å²) < 4.78 is 7.06. The summed E-state index contributed by atoms with van der Waals surface area (Å²) in [6.45, 7) is 1.90. The summed E-state index contributed by atoms with van der Waals surface area (Å²) in [5.41, 5.74) is 7.06. The third-order valence-corrected chi connectivity index (χ3v) is 5.87. The third-order valence-electron chi connectivity index (χ3n) is 4.96. The molecule has 0 atom stereocenters. The number of nitrogens with zero attached hydrogens (tertiary/aromatic N) is 1. The summed E-state index contributed by atoms with van der Waals surface area (Å²) in [7, 11) is 0. The first kappa shape index (κ1) is 21.5. The van der Waals surface area contributed by atoms with Crippen molar-refractivity contribution in [1.82, 2.24) is 5.43 Å². The van der Waals surface area contributed by atoms with Gasteiger partial charge in [-0.15, -0.1) is 0 Å². The van der Waals surface area contributed by atoms with Crippen LogP contribution in [0.4, 0.5) is 11.4 Å². The van der Waals surface area contributed by atoms with Gasteiger partial charge in [-0.3, -0.25) is 10.2 Å². The molecule has 4 rings (SSSR count). The van der Waals surface area contributed by atoms with Crippen LogP contribution in [-0.4, -0.2) is 16.7 Å². The van der Waals surface area contributed by atoms with Crippen molar-refractivity contribution in [2.45, 2.75) is 26.2 Å². The molecule has 6 nitrogen and oxygen atoms in total. The van der Waals surface area contributed by atoms with Crippen LogP contribution in [-0.2, 0) is 6.42 Å². The van der Waals surface area contributed by atoms with Gasteiger partial charge in [0.2, 0.25) is 0 Å². The molecule has 31 heavy (non-hydrogen) atoms. The Morgan fingerprint density at radius 3 is 2.48 bits per heavy atom. The van der Waals surface area contributed by atoms with Crippen molar-refractivity contribution < 1.29 is 9.21 Å². The molecule has 1 aliphatic rings. The second-order valence-corrected chi connectivity index (χ2v) is 8.81. The van der Waals surface area contributed by atoms with Crippen molar-refractivity contribution in [2.24, 2.45) is 5.10 Å². The van der Waals surface area contributed by atoms with Gasteiger partial charge in [-0.1, -0.05) is 18.2 Å². The molecule has 2 aromatic carbocycles. The zero-order valence-corrected chi connectivity index (χ0v) is 19.8. The van der Waals surface area contributed by atoms with Crippen LogP contribution in [0.15, 0.2) is 64.1 Å². The number of aryl methyl sites for hydroxylation is 1. The lowest BCUT2D eigenvalue weighted by Crippen LogP contribution is -2.26. The Balaban J connectivity index is 1.51. The van der Waals surface area contributed by atoms with Crippen molar-refractivity contribution in [3.8, 4) is 0 Å². The van der Waals surface area contributed by atoms with Crippen LogP contribution in [0.5, 0.6) is 0 Å². The summed E-state index contributed by atoms with van der Waals surface area (Å²) in [4.78, 5) is 12.8. The van der Waals surface area contributed by atoms with E-state index in [4.69, 9.17) is 16.6 Å². The number of halogens is 1. The van der Waals surface area contributed by atoms with E-state index in [2.05, 4.69) is 43.8 Å². The molecule has 0 unspecified atom stereocenters. The molecular weight excluding hydrogens is 523 g/mol. The number of carbonyl (C=O) groups is 1. The molecule has 158 valence electrons. The molecule has 0 saturated carbocycles. The van der Waals surface area contributed by atoms with E-state index in [0.717, 1.165) is 56.8 Å². The molecule has 0 bridgehead atoms. The number of hydrazone groups is 1. The van der Waals surface area contributed by atoms with E-state index in [-0.39, 0.29) is 5.91 Å². The van der Waals surface area contributed by atoms with Crippen molar-refractivity contribution in [3.63, 3.8) is 0 Å². The quantitative estimate of drug-likeness (QED) is 0.231. The van der Waals surface area contributed by atoms with Crippen molar-refractivity contribution in [1.29, 1.82) is 0 Å². The highest BCUT2D eigenvalue weighted by molar-refractivity contribution is 14.1. The molecule has 3 N–H and O–H groups in total. The number of anilines is 2. The molecular formula is C23H21IN4O2S. The fourth-order valence-corrected chi connectivity index (χ4v) is 4.04. The van der Waals surface area contributed by atoms with Gasteiger partial charge in [0.1, 0.15) is 5.76 Å². The Hall–Kier alpha value is -2.72. The van der Waals surface area contributed by atoms with Gasteiger partial charge in [0.15, 0.2) is 10.9 Å². The van der Waals surface area contributed by atoms with Gasteiger partial charge in [0.05, 0.1) is 5.71 Å². The predicted molar refractivity (Wildman–Crippen MR) is 136 cm³/mol. The van der Waals surface area contributed by atoms with Gasteiger partial charge in [-0.25, -0.2) is 0 Å². The number of para-hydroxylation sites is 1. The highest BCUT2D eigenvalue weighted by Gasteiger charge is 2.28. The summed E-state index contributed by atoms with van der Waals surface area (Å²) in [6.07, 6.45) is 2.46. The Kier molecular flexibility index (Phi) is 6.67. The molecule has 0 aliphatic heterocycles. The summed E-state index contributed by atoms with van der Waals surface area (Å²) in [5, 5.41) is 10.9. The normalized spacial score (nSPS) is 14.1. The molecule has 8 heteroatoms. The first-order valence-corrected chi connectivity index (χ1v) is 11.4. The third kappa shape index (κ3) is 5.13. The van der Waals surface area contributed by atoms with E-state index >= 15 is 0 Å². The monoisotopic (exact) mass is 544 g/mol. The number of nitrogens with one attached hydrogen (secondary N) is 3. The molecule has 1 aliphatic carbocycles. The second kappa shape index (κ2) is 9.61. The molecule has 0 saturated heterocycles. The number of fused-ring (bicyclic) bond motifs is 1. The van der Waals surface area contributed by atoms with Gasteiger partial charge in [0, 0.05) is 32.5 Å². The maximum absolute atomic E-state index is 12.8. The van der Waals surface area contributed by atoms with Crippen LogP contribution in [0.3, 0.4) is 0 Å². The molecule has 1 amide bonds. The zero-order valence-electron chi connectivity index (χ0n) is 16.9. The van der Waals surface area contributed by atoms with Gasteiger partial charge in [-0.2, -0.15) is 5.10 Å². The van der Waals surface area contributed by atoms with E-state index in [1.165, 1.54) is 0 Å². The lowest BCUT2D eigenvalue weighted by molar-refractivity contribution is 0.0994. The number of hydrogen-bond donors (Lipinski definition) is 3. The summed E-state index contributed by atoms with van der Waals surface area (Å²) in [6, 6.07) is 17.3. The fourth-order valence-electron chi connectivity index (χ4n) is 3.52. The first-order valence-electron chi connectivity index (χ1n) is 9.89. The minimum atomic E-state index is -0.262. The summed E-state index contributed by atoms with van der Waals surface area (Å²) in [5.74, 6) is 0.851. The number of amides is 1. The number of rotatable bonds is 4. The van der Waals surface area contributed by atoms with Crippen LogP contribution in [0, 0.1) is 10.5 Å². The van der Waals surface area contributed by atoms with Crippen molar-refractivity contribution >= 4 is 62.9 Å². The molecule has 0 radical (unpaired) electrons. The first-order chi connectivity index (χ1) is 15.0. The van der Waals surface area contributed by atoms with E-state index < -0.39 is 0 Å². The maximum atomic E-state index is 12.8. The minimum Gasteiger partial charge on any atom is -0.455 e. The van der Waals surface area contributed by atoms with Gasteiger partial charge < -0.3 is 15.1 Å². The van der Waals surface area contributed by atoms with Gasteiger partial charge in [0.25, 0.3) is 5.91 Å². The number of furan rings is 1. The predicted octanol–water partition coefficient (Wildman–Crippen LogP) is 5.47. The number of benzene rings is 2. The smallest absolute Gasteiger partial charge is 0.291 e. The topological polar surface area (TPSA) is 78.7 Å². The van der Waals surface area contributed by atoms with Crippen LogP contribution >= 0.6 is 34.8 Å². The van der Waals surface area contributed by atoms with Crippen molar-refractivity contribution in [3.05, 3.63) is 80.8 Å². The van der Waals surface area contributed by atoms with E-state index in [9.17, 15) is 4.79 Å².